The van der Waals surface area contributed by atoms with Crippen LogP contribution in [0.25, 0.3) is 10.9 Å². The number of nitrogens with zero attached hydrogens (tertiary/aromatic N) is 2. The minimum absolute atomic E-state index is 0.00303. The van der Waals surface area contributed by atoms with E-state index in [-0.39, 0.29) is 18.0 Å². The summed E-state index contributed by atoms with van der Waals surface area (Å²) in [5.41, 5.74) is 6.41. The Bertz CT molecular complexity index is 1110. The van der Waals surface area contributed by atoms with E-state index < -0.39 is 0 Å². The smallest absolute Gasteiger partial charge is 0.251 e. The summed E-state index contributed by atoms with van der Waals surface area (Å²) in [5, 5.41) is 1.05. The Hall–Kier alpha value is -2.88. The molecule has 2 heterocycles. The fourth-order valence-electron chi connectivity index (χ4n) is 4.17. The van der Waals surface area contributed by atoms with Crippen LogP contribution in [0.2, 0.25) is 0 Å². The summed E-state index contributed by atoms with van der Waals surface area (Å²) in [6.45, 7) is 7.42. The predicted molar refractivity (Wildman–Crippen MR) is 108 cm³/mol. The SMILES string of the molecule is Cc1cc(C)c2c(c1)c(C)cc(=O)n2CC(=O)N1CCc2ccccc2C1. The van der Waals surface area contributed by atoms with Crippen LogP contribution in [0, 0.1) is 20.8 Å². The Balaban J connectivity index is 1.70. The molecule has 0 bridgehead atoms. The van der Waals surface area contributed by atoms with Gasteiger partial charge in [-0.05, 0) is 55.5 Å². The van der Waals surface area contributed by atoms with Gasteiger partial charge >= 0.3 is 0 Å². The first kappa shape index (κ1) is 17.5. The molecule has 1 amide bonds. The zero-order valence-electron chi connectivity index (χ0n) is 16.1. The van der Waals surface area contributed by atoms with Gasteiger partial charge in [-0.25, -0.2) is 0 Å². The normalized spacial score (nSPS) is 13.7. The first-order valence-corrected chi connectivity index (χ1v) is 9.40. The monoisotopic (exact) mass is 360 g/mol. The first-order valence-electron chi connectivity index (χ1n) is 9.40. The van der Waals surface area contributed by atoms with Gasteiger partial charge in [0.1, 0.15) is 6.54 Å². The molecule has 0 saturated carbocycles. The van der Waals surface area contributed by atoms with E-state index in [0.29, 0.717) is 13.1 Å². The second-order valence-electron chi connectivity index (χ2n) is 7.56. The number of hydrogen-bond donors (Lipinski definition) is 0. The van der Waals surface area contributed by atoms with E-state index >= 15 is 0 Å². The van der Waals surface area contributed by atoms with Crippen molar-refractivity contribution < 1.29 is 4.79 Å². The molecule has 0 spiro atoms. The number of pyridine rings is 1. The van der Waals surface area contributed by atoms with Crippen molar-refractivity contribution in [2.75, 3.05) is 6.54 Å². The number of carbonyl (C=O) groups is 1. The first-order chi connectivity index (χ1) is 12.9. The number of aromatic nitrogens is 1. The van der Waals surface area contributed by atoms with Gasteiger partial charge in [-0.1, -0.05) is 35.9 Å². The molecule has 4 nitrogen and oxygen atoms in total. The second-order valence-corrected chi connectivity index (χ2v) is 7.56. The lowest BCUT2D eigenvalue weighted by molar-refractivity contribution is -0.132. The van der Waals surface area contributed by atoms with Crippen molar-refractivity contribution in [3.8, 4) is 0 Å². The van der Waals surface area contributed by atoms with Crippen molar-refractivity contribution in [3.63, 3.8) is 0 Å². The molecule has 4 heteroatoms. The van der Waals surface area contributed by atoms with Crippen molar-refractivity contribution in [3.05, 3.63) is 80.6 Å². The number of carbonyl (C=O) groups excluding carboxylic acids is 1. The fourth-order valence-corrected chi connectivity index (χ4v) is 4.17. The van der Waals surface area contributed by atoms with Gasteiger partial charge < -0.3 is 4.90 Å². The molecular weight excluding hydrogens is 336 g/mol. The number of rotatable bonds is 2. The Morgan fingerprint density at radius 2 is 1.74 bits per heavy atom. The third-order valence-electron chi connectivity index (χ3n) is 5.52. The summed E-state index contributed by atoms with van der Waals surface area (Å²) >= 11 is 0. The molecule has 4 rings (SSSR count). The summed E-state index contributed by atoms with van der Waals surface area (Å²) < 4.78 is 1.64. The van der Waals surface area contributed by atoms with Gasteiger partial charge in [0, 0.05) is 24.5 Å². The van der Waals surface area contributed by atoms with Crippen LogP contribution in [0.3, 0.4) is 0 Å². The Morgan fingerprint density at radius 1 is 1.00 bits per heavy atom. The van der Waals surface area contributed by atoms with Gasteiger partial charge in [0.2, 0.25) is 5.91 Å². The van der Waals surface area contributed by atoms with Crippen molar-refractivity contribution in [1.82, 2.24) is 9.47 Å². The highest BCUT2D eigenvalue weighted by Crippen LogP contribution is 2.23. The molecule has 0 fully saturated rings. The molecule has 0 atom stereocenters. The molecule has 27 heavy (non-hydrogen) atoms. The van der Waals surface area contributed by atoms with Gasteiger partial charge in [-0.3, -0.25) is 14.2 Å². The molecule has 3 aromatic rings. The third-order valence-corrected chi connectivity index (χ3v) is 5.52. The fraction of sp³-hybridized carbons (Fsp3) is 0.304. The van der Waals surface area contributed by atoms with Crippen LogP contribution in [-0.4, -0.2) is 21.9 Å². The van der Waals surface area contributed by atoms with Gasteiger partial charge in [-0.15, -0.1) is 0 Å². The summed E-state index contributed by atoms with van der Waals surface area (Å²) in [4.78, 5) is 27.6. The Labute approximate surface area is 159 Å². The molecule has 138 valence electrons. The molecule has 1 aliphatic rings. The lowest BCUT2D eigenvalue weighted by Crippen LogP contribution is -2.39. The van der Waals surface area contributed by atoms with E-state index in [1.807, 2.05) is 30.9 Å². The van der Waals surface area contributed by atoms with Crippen molar-refractivity contribution in [1.29, 1.82) is 0 Å². The van der Waals surface area contributed by atoms with Gasteiger partial charge in [0.05, 0.1) is 5.52 Å². The maximum Gasteiger partial charge on any atom is 0.251 e. The maximum absolute atomic E-state index is 13.0. The van der Waals surface area contributed by atoms with Gasteiger partial charge in [0.25, 0.3) is 5.56 Å². The van der Waals surface area contributed by atoms with Crippen LogP contribution < -0.4 is 5.56 Å². The van der Waals surface area contributed by atoms with E-state index in [0.717, 1.165) is 34.0 Å². The molecule has 2 aromatic carbocycles. The number of benzene rings is 2. The number of hydrogen-bond acceptors (Lipinski definition) is 2. The van der Waals surface area contributed by atoms with Crippen LogP contribution in [0.5, 0.6) is 0 Å². The quantitative estimate of drug-likeness (QED) is 0.702. The van der Waals surface area contributed by atoms with E-state index in [1.165, 1.54) is 11.1 Å². The lowest BCUT2D eigenvalue weighted by Gasteiger charge is -2.29. The minimum atomic E-state index is -0.113. The van der Waals surface area contributed by atoms with Crippen molar-refractivity contribution in [2.24, 2.45) is 0 Å². The highest BCUT2D eigenvalue weighted by molar-refractivity contribution is 5.87. The van der Waals surface area contributed by atoms with Crippen molar-refractivity contribution in [2.45, 2.75) is 40.3 Å². The molecule has 0 unspecified atom stereocenters. The van der Waals surface area contributed by atoms with E-state index in [9.17, 15) is 9.59 Å². The second kappa shape index (κ2) is 6.69. The number of amides is 1. The average molecular weight is 360 g/mol. The minimum Gasteiger partial charge on any atom is -0.336 e. The maximum atomic E-state index is 13.0. The Kier molecular flexibility index (Phi) is 4.34. The summed E-state index contributed by atoms with van der Waals surface area (Å²) in [5.74, 6) is -0.00303. The van der Waals surface area contributed by atoms with Crippen LogP contribution in [0.4, 0.5) is 0 Å². The number of aryl methyl sites for hydroxylation is 3. The molecular formula is C23H24N2O2. The summed E-state index contributed by atoms with van der Waals surface area (Å²) in [7, 11) is 0. The number of fused-ring (bicyclic) bond motifs is 2. The lowest BCUT2D eigenvalue weighted by atomic mass is 10.00. The van der Waals surface area contributed by atoms with Crippen molar-refractivity contribution >= 4 is 16.8 Å². The highest BCUT2D eigenvalue weighted by atomic mass is 16.2. The third kappa shape index (κ3) is 3.16. The van der Waals surface area contributed by atoms with E-state index in [4.69, 9.17) is 0 Å². The van der Waals surface area contributed by atoms with Crippen LogP contribution in [0.1, 0.15) is 27.8 Å². The Morgan fingerprint density at radius 3 is 2.52 bits per heavy atom. The summed E-state index contributed by atoms with van der Waals surface area (Å²) in [6.07, 6.45) is 0.865. The average Bonchev–Trinajstić information content (AvgIpc) is 2.64. The molecule has 0 aliphatic carbocycles. The molecule has 1 aromatic heterocycles. The molecule has 0 radical (unpaired) electrons. The van der Waals surface area contributed by atoms with Crippen LogP contribution >= 0.6 is 0 Å². The molecule has 0 saturated heterocycles. The topological polar surface area (TPSA) is 42.3 Å². The zero-order valence-corrected chi connectivity index (χ0v) is 16.1. The van der Waals surface area contributed by atoms with Gasteiger partial charge in [-0.2, -0.15) is 0 Å². The van der Waals surface area contributed by atoms with E-state index in [1.54, 1.807) is 10.6 Å². The highest BCUT2D eigenvalue weighted by Gasteiger charge is 2.22. The zero-order chi connectivity index (χ0) is 19.1. The standard InChI is InChI=1S/C23H24N2O2/c1-15-10-17(3)23-20(11-15)16(2)12-21(26)25(23)14-22(27)24-9-8-18-6-4-5-7-19(18)13-24/h4-7,10-12H,8-9,13-14H2,1-3H3. The largest absolute Gasteiger partial charge is 0.336 e. The van der Waals surface area contributed by atoms with E-state index in [2.05, 4.69) is 31.2 Å². The summed E-state index contributed by atoms with van der Waals surface area (Å²) in [6, 6.07) is 14.1. The van der Waals surface area contributed by atoms with Crippen LogP contribution in [-0.2, 0) is 24.3 Å². The molecule has 1 aliphatic heterocycles. The van der Waals surface area contributed by atoms with Crippen LogP contribution in [0.15, 0.2) is 47.3 Å². The predicted octanol–water partition coefficient (Wildman–Crippen LogP) is 3.51. The van der Waals surface area contributed by atoms with Gasteiger partial charge in [0.15, 0.2) is 0 Å². The molecule has 0 N–H and O–H groups in total.